The Morgan fingerprint density at radius 1 is 1.29 bits per heavy atom. The van der Waals surface area contributed by atoms with Crippen LogP contribution in [0.4, 0.5) is 13.2 Å². The predicted molar refractivity (Wildman–Crippen MR) is 72.8 cm³/mol. The van der Waals surface area contributed by atoms with Crippen molar-refractivity contribution >= 4 is 0 Å². The topological polar surface area (TPSA) is 41.5 Å². The van der Waals surface area contributed by atoms with Crippen molar-refractivity contribution in [1.82, 2.24) is 5.32 Å². The van der Waals surface area contributed by atoms with Crippen LogP contribution in [0, 0.1) is 5.92 Å². The van der Waals surface area contributed by atoms with Gasteiger partial charge in [-0.2, -0.15) is 13.2 Å². The van der Waals surface area contributed by atoms with E-state index < -0.39 is 11.7 Å². The molecule has 0 aromatic heterocycles. The van der Waals surface area contributed by atoms with Crippen molar-refractivity contribution < 1.29 is 23.0 Å². The molecule has 1 aromatic rings. The van der Waals surface area contributed by atoms with Crippen LogP contribution in [0.5, 0.6) is 0 Å². The zero-order valence-corrected chi connectivity index (χ0v) is 11.9. The lowest BCUT2D eigenvalue weighted by atomic mass is 9.95. The van der Waals surface area contributed by atoms with E-state index in [2.05, 4.69) is 5.32 Å². The first-order valence-corrected chi connectivity index (χ1v) is 7.06. The first-order valence-electron chi connectivity index (χ1n) is 7.06. The van der Waals surface area contributed by atoms with Gasteiger partial charge in [-0.3, -0.25) is 0 Å². The summed E-state index contributed by atoms with van der Waals surface area (Å²) < 4.78 is 43.6. The lowest BCUT2D eigenvalue weighted by Gasteiger charge is -2.17. The molecule has 1 saturated heterocycles. The monoisotopic (exact) mass is 303 g/mol. The van der Waals surface area contributed by atoms with Crippen LogP contribution < -0.4 is 5.32 Å². The Bertz CT molecular complexity index is 447. The summed E-state index contributed by atoms with van der Waals surface area (Å²) in [5.41, 5.74) is 0.137. The van der Waals surface area contributed by atoms with E-state index in [1.54, 1.807) is 0 Å². The molecule has 21 heavy (non-hydrogen) atoms. The highest BCUT2D eigenvalue weighted by Gasteiger charge is 2.34. The minimum atomic E-state index is -4.31. The van der Waals surface area contributed by atoms with Gasteiger partial charge in [-0.1, -0.05) is 19.1 Å². The molecule has 2 rings (SSSR count). The van der Waals surface area contributed by atoms with Crippen LogP contribution in [0.25, 0.3) is 0 Å². The molecular formula is C15H20F3NO2. The van der Waals surface area contributed by atoms with E-state index in [1.165, 1.54) is 12.1 Å². The maximum absolute atomic E-state index is 12.5. The number of aliphatic hydroxyl groups excluding tert-OH is 1. The fourth-order valence-electron chi connectivity index (χ4n) is 2.68. The van der Waals surface area contributed by atoms with E-state index in [4.69, 9.17) is 9.84 Å². The fourth-order valence-corrected chi connectivity index (χ4v) is 2.68. The number of rotatable bonds is 5. The third-order valence-corrected chi connectivity index (χ3v) is 3.72. The minimum absolute atomic E-state index is 0.0267. The van der Waals surface area contributed by atoms with Gasteiger partial charge in [-0.25, -0.2) is 0 Å². The zero-order valence-electron chi connectivity index (χ0n) is 11.9. The van der Waals surface area contributed by atoms with Crippen LogP contribution in [0.1, 0.15) is 30.6 Å². The van der Waals surface area contributed by atoms with E-state index in [-0.39, 0.29) is 24.7 Å². The molecule has 2 N–H and O–H groups in total. The van der Waals surface area contributed by atoms with Gasteiger partial charge in [-0.05, 0) is 30.0 Å². The van der Waals surface area contributed by atoms with Gasteiger partial charge in [0, 0.05) is 13.1 Å². The van der Waals surface area contributed by atoms with Crippen molar-refractivity contribution in [2.75, 3.05) is 19.7 Å². The average molecular weight is 303 g/mol. The summed E-state index contributed by atoms with van der Waals surface area (Å²) in [4.78, 5) is 0. The SMILES string of the molecule is C[C@H]1C[C@@H](CNCCO)O[C@H]1c1ccc(C(F)(F)F)cc1. The molecule has 118 valence electrons. The highest BCUT2D eigenvalue weighted by Crippen LogP contribution is 2.38. The maximum atomic E-state index is 12.5. The Kier molecular flexibility index (Phi) is 5.24. The molecule has 3 atom stereocenters. The number of hydrogen-bond acceptors (Lipinski definition) is 3. The number of ether oxygens (including phenoxy) is 1. The summed E-state index contributed by atoms with van der Waals surface area (Å²) in [5.74, 6) is 0.252. The molecule has 6 heteroatoms. The largest absolute Gasteiger partial charge is 0.416 e. The number of halogens is 3. The average Bonchev–Trinajstić information content (AvgIpc) is 2.79. The van der Waals surface area contributed by atoms with Crippen LogP contribution in [-0.4, -0.2) is 30.9 Å². The van der Waals surface area contributed by atoms with E-state index in [9.17, 15) is 13.2 Å². The second-order valence-electron chi connectivity index (χ2n) is 5.44. The minimum Gasteiger partial charge on any atom is -0.395 e. The number of hydrogen-bond donors (Lipinski definition) is 2. The normalized spacial score (nSPS) is 26.2. The van der Waals surface area contributed by atoms with E-state index in [0.29, 0.717) is 13.1 Å². The summed E-state index contributed by atoms with van der Waals surface area (Å²) in [5, 5.41) is 11.8. The van der Waals surface area contributed by atoms with Crippen molar-refractivity contribution in [2.45, 2.75) is 31.7 Å². The Morgan fingerprint density at radius 3 is 2.52 bits per heavy atom. The molecule has 0 spiro atoms. The molecule has 0 saturated carbocycles. The number of aliphatic hydroxyl groups is 1. The van der Waals surface area contributed by atoms with Crippen molar-refractivity contribution in [1.29, 1.82) is 0 Å². The highest BCUT2D eigenvalue weighted by atomic mass is 19.4. The maximum Gasteiger partial charge on any atom is 0.416 e. The van der Waals surface area contributed by atoms with Crippen molar-refractivity contribution in [3.8, 4) is 0 Å². The van der Waals surface area contributed by atoms with E-state index >= 15 is 0 Å². The molecule has 1 aromatic carbocycles. The smallest absolute Gasteiger partial charge is 0.395 e. The fraction of sp³-hybridized carbons (Fsp3) is 0.600. The van der Waals surface area contributed by atoms with Gasteiger partial charge in [0.25, 0.3) is 0 Å². The van der Waals surface area contributed by atoms with Gasteiger partial charge in [0.1, 0.15) is 0 Å². The lowest BCUT2D eigenvalue weighted by Crippen LogP contribution is -2.28. The van der Waals surface area contributed by atoms with Gasteiger partial charge in [-0.15, -0.1) is 0 Å². The second-order valence-corrected chi connectivity index (χ2v) is 5.44. The van der Waals surface area contributed by atoms with Crippen LogP contribution in [0.2, 0.25) is 0 Å². The molecule has 0 amide bonds. The first kappa shape index (κ1) is 16.3. The predicted octanol–water partition coefficient (Wildman–Crippen LogP) is 2.75. The number of alkyl halides is 3. The molecule has 3 nitrogen and oxygen atoms in total. The Labute approximate surface area is 122 Å². The first-order chi connectivity index (χ1) is 9.91. The summed E-state index contributed by atoms with van der Waals surface area (Å²) in [6.45, 7) is 3.26. The highest BCUT2D eigenvalue weighted by molar-refractivity contribution is 5.27. The second kappa shape index (κ2) is 6.77. The Balaban J connectivity index is 1.98. The Morgan fingerprint density at radius 2 is 1.95 bits per heavy atom. The van der Waals surface area contributed by atoms with Crippen LogP contribution in [0.3, 0.4) is 0 Å². The molecule has 1 fully saturated rings. The molecule has 0 unspecified atom stereocenters. The molecule has 0 radical (unpaired) electrons. The van der Waals surface area contributed by atoms with Crippen LogP contribution in [-0.2, 0) is 10.9 Å². The molecule has 0 bridgehead atoms. The van der Waals surface area contributed by atoms with E-state index in [0.717, 1.165) is 24.1 Å². The van der Waals surface area contributed by atoms with Gasteiger partial charge < -0.3 is 15.2 Å². The van der Waals surface area contributed by atoms with Crippen molar-refractivity contribution in [3.63, 3.8) is 0 Å². The van der Waals surface area contributed by atoms with Gasteiger partial charge in [0.2, 0.25) is 0 Å². The summed E-state index contributed by atoms with van der Waals surface area (Å²) >= 11 is 0. The molecule has 1 heterocycles. The third-order valence-electron chi connectivity index (χ3n) is 3.72. The standard InChI is InChI=1S/C15H20F3NO2/c1-10-8-13(9-19-6-7-20)21-14(10)11-2-4-12(5-3-11)15(16,17)18/h2-5,10,13-14,19-20H,6-9H2,1H3/t10-,13-,14+/m0/s1. The van der Waals surface area contributed by atoms with Crippen molar-refractivity contribution in [3.05, 3.63) is 35.4 Å². The number of nitrogens with one attached hydrogen (secondary N) is 1. The number of benzene rings is 1. The Hall–Kier alpha value is -1.11. The van der Waals surface area contributed by atoms with Gasteiger partial charge >= 0.3 is 6.18 Å². The molecule has 1 aliphatic heterocycles. The molecule has 0 aliphatic carbocycles. The van der Waals surface area contributed by atoms with Crippen LogP contribution >= 0.6 is 0 Å². The zero-order chi connectivity index (χ0) is 15.5. The molecule has 1 aliphatic rings. The summed E-state index contributed by atoms with van der Waals surface area (Å²) in [6, 6.07) is 5.19. The lowest BCUT2D eigenvalue weighted by molar-refractivity contribution is -0.137. The quantitative estimate of drug-likeness (QED) is 0.822. The van der Waals surface area contributed by atoms with Crippen LogP contribution in [0.15, 0.2) is 24.3 Å². The molecular weight excluding hydrogens is 283 g/mol. The van der Waals surface area contributed by atoms with Crippen molar-refractivity contribution in [2.24, 2.45) is 5.92 Å². The van der Waals surface area contributed by atoms with Gasteiger partial charge in [0.15, 0.2) is 0 Å². The summed E-state index contributed by atoms with van der Waals surface area (Å²) in [7, 11) is 0. The van der Waals surface area contributed by atoms with Gasteiger partial charge in [0.05, 0.1) is 24.4 Å². The summed E-state index contributed by atoms with van der Waals surface area (Å²) in [6.07, 6.45) is -3.60. The third kappa shape index (κ3) is 4.18. The van der Waals surface area contributed by atoms with E-state index in [1.807, 2.05) is 6.92 Å².